The molecule has 0 spiro atoms. The summed E-state index contributed by atoms with van der Waals surface area (Å²) in [5.74, 6) is 0.342. The maximum absolute atomic E-state index is 13.9. The highest BCUT2D eigenvalue weighted by atomic mass is 79.9. The molecule has 0 aliphatic carbocycles. The van der Waals surface area contributed by atoms with Gasteiger partial charge in [0.2, 0.25) is 0 Å². The smallest absolute Gasteiger partial charge is 0.271 e. The summed E-state index contributed by atoms with van der Waals surface area (Å²) in [5, 5.41) is 2.25. The van der Waals surface area contributed by atoms with E-state index in [0.717, 1.165) is 25.6 Å². The summed E-state index contributed by atoms with van der Waals surface area (Å²) in [6, 6.07) is 22.4. The van der Waals surface area contributed by atoms with Crippen molar-refractivity contribution in [3.63, 3.8) is 0 Å². The van der Waals surface area contributed by atoms with Gasteiger partial charge in [-0.2, -0.15) is 0 Å². The van der Waals surface area contributed by atoms with Crippen molar-refractivity contribution in [3.8, 4) is 5.75 Å². The van der Waals surface area contributed by atoms with Crippen LogP contribution in [-0.4, -0.2) is 11.1 Å². The van der Waals surface area contributed by atoms with Gasteiger partial charge in [0.1, 0.15) is 12.4 Å². The second-order valence-electron chi connectivity index (χ2n) is 9.20. The van der Waals surface area contributed by atoms with E-state index in [2.05, 4.69) is 31.9 Å². The first kappa shape index (κ1) is 30.2. The summed E-state index contributed by atoms with van der Waals surface area (Å²) in [4.78, 5) is 20.8. The summed E-state index contributed by atoms with van der Waals surface area (Å²) >= 11 is 27.6. The van der Waals surface area contributed by atoms with Crippen LogP contribution in [0, 0.1) is 13.8 Å². The number of halogens is 5. The normalized spacial score (nSPS) is 15.3. The number of carbonyl (C=O) groups is 1. The maximum Gasteiger partial charge on any atom is 0.271 e. The molecule has 1 fully saturated rings. The number of hydrogen-bond donors (Lipinski definition) is 0. The van der Waals surface area contributed by atoms with E-state index < -0.39 is 0 Å². The Balaban J connectivity index is 1.57. The lowest BCUT2D eigenvalue weighted by Crippen LogP contribution is -2.28. The fourth-order valence-electron chi connectivity index (χ4n) is 4.01. The first-order valence-electron chi connectivity index (χ1n) is 12.3. The molecule has 10 heteroatoms. The van der Waals surface area contributed by atoms with E-state index in [1.54, 1.807) is 23.1 Å². The highest BCUT2D eigenvalue weighted by Gasteiger charge is 2.35. The topological polar surface area (TPSA) is 41.9 Å². The quantitative estimate of drug-likeness (QED) is 0.184. The molecule has 4 nitrogen and oxygen atoms in total. The Bertz CT molecular complexity index is 1740. The maximum atomic E-state index is 13.9. The molecule has 5 rings (SSSR count). The number of amides is 1. The van der Waals surface area contributed by atoms with Gasteiger partial charge in [-0.05, 0) is 101 Å². The van der Waals surface area contributed by atoms with Gasteiger partial charge in [-0.1, -0.05) is 81.1 Å². The average Bonchev–Trinajstić information content (AvgIpc) is 3.22. The molecule has 0 radical (unpaired) electrons. The van der Waals surface area contributed by atoms with Crippen LogP contribution in [-0.2, 0) is 11.4 Å². The molecule has 41 heavy (non-hydrogen) atoms. The van der Waals surface area contributed by atoms with Gasteiger partial charge in [0.15, 0.2) is 5.17 Å². The molecule has 0 bridgehead atoms. The van der Waals surface area contributed by atoms with Crippen molar-refractivity contribution in [2.45, 2.75) is 20.5 Å². The van der Waals surface area contributed by atoms with Crippen LogP contribution in [0.25, 0.3) is 6.08 Å². The second-order valence-corrected chi connectivity index (χ2v) is 13.2. The van der Waals surface area contributed by atoms with E-state index in [1.165, 1.54) is 11.8 Å². The monoisotopic (exact) mass is 748 g/mol. The lowest BCUT2D eigenvalue weighted by molar-refractivity contribution is -0.113. The van der Waals surface area contributed by atoms with Crippen molar-refractivity contribution >= 4 is 107 Å². The Kier molecular flexibility index (Phi) is 9.53. The molecule has 208 valence electrons. The summed E-state index contributed by atoms with van der Waals surface area (Å²) in [7, 11) is 0. The Hall–Kier alpha value is -2.26. The molecule has 0 saturated carbocycles. The summed E-state index contributed by atoms with van der Waals surface area (Å²) in [5.41, 5.74) is 4.66. The molecule has 0 atom stereocenters. The molecule has 4 aromatic carbocycles. The number of hydrogen-bond acceptors (Lipinski definition) is 4. The number of aryl methyl sites for hydroxylation is 2. The number of amidine groups is 1. The van der Waals surface area contributed by atoms with Crippen LogP contribution in [0.3, 0.4) is 0 Å². The van der Waals surface area contributed by atoms with Gasteiger partial charge >= 0.3 is 0 Å². The number of nitrogens with zero attached hydrogens (tertiary/aromatic N) is 2. The zero-order chi connectivity index (χ0) is 29.3. The zero-order valence-electron chi connectivity index (χ0n) is 21.7. The van der Waals surface area contributed by atoms with Crippen molar-refractivity contribution in [1.82, 2.24) is 0 Å². The molecule has 0 aromatic heterocycles. The first-order valence-corrected chi connectivity index (χ1v) is 15.8. The van der Waals surface area contributed by atoms with Gasteiger partial charge in [0.25, 0.3) is 5.91 Å². The highest BCUT2D eigenvalue weighted by molar-refractivity contribution is 9.11. The Morgan fingerprint density at radius 2 is 1.61 bits per heavy atom. The summed E-state index contributed by atoms with van der Waals surface area (Å²) in [6.07, 6.45) is 1.80. The fraction of sp³-hybridized carbons (Fsp3) is 0.0968. The summed E-state index contributed by atoms with van der Waals surface area (Å²) in [6.45, 7) is 4.10. The molecule has 1 aliphatic heterocycles. The van der Waals surface area contributed by atoms with Gasteiger partial charge in [0, 0.05) is 30.7 Å². The van der Waals surface area contributed by atoms with Crippen molar-refractivity contribution in [2.24, 2.45) is 4.99 Å². The predicted molar refractivity (Wildman–Crippen MR) is 180 cm³/mol. The molecule has 1 heterocycles. The minimum absolute atomic E-state index is 0.236. The SMILES string of the molecule is Cc1ccc(N=C2S/C(=C/c3cc(Br)cc(Br)c3OCc3ccccc3Cl)C(=O)N2c2ccc(C)c(Cl)c2)cc1Cl. The van der Waals surface area contributed by atoms with E-state index in [-0.39, 0.29) is 12.5 Å². The summed E-state index contributed by atoms with van der Waals surface area (Å²) < 4.78 is 7.78. The van der Waals surface area contributed by atoms with Gasteiger partial charge < -0.3 is 4.74 Å². The van der Waals surface area contributed by atoms with E-state index in [4.69, 9.17) is 44.5 Å². The van der Waals surface area contributed by atoms with Crippen LogP contribution in [0.2, 0.25) is 15.1 Å². The molecular formula is C31H21Br2Cl3N2O2S. The highest BCUT2D eigenvalue weighted by Crippen LogP contribution is 2.42. The van der Waals surface area contributed by atoms with Crippen LogP contribution in [0.15, 0.2) is 91.6 Å². The molecule has 0 unspecified atom stereocenters. The number of benzene rings is 4. The van der Waals surface area contributed by atoms with Crippen molar-refractivity contribution < 1.29 is 9.53 Å². The molecule has 0 N–H and O–H groups in total. The van der Waals surface area contributed by atoms with Gasteiger partial charge in [0.05, 0.1) is 20.8 Å². The third-order valence-electron chi connectivity index (χ3n) is 6.25. The molecule has 1 amide bonds. The van der Waals surface area contributed by atoms with Crippen LogP contribution in [0.1, 0.15) is 22.3 Å². The lowest BCUT2D eigenvalue weighted by Gasteiger charge is -2.17. The number of anilines is 1. The first-order chi connectivity index (χ1) is 19.6. The number of rotatable bonds is 6. The van der Waals surface area contributed by atoms with Gasteiger partial charge in [-0.15, -0.1) is 0 Å². The minimum atomic E-state index is -0.236. The van der Waals surface area contributed by atoms with Crippen LogP contribution < -0.4 is 9.64 Å². The molecule has 1 saturated heterocycles. The molecule has 1 aliphatic rings. The number of ether oxygens (including phenoxy) is 1. The zero-order valence-corrected chi connectivity index (χ0v) is 28.0. The van der Waals surface area contributed by atoms with E-state index in [1.807, 2.05) is 74.5 Å². The van der Waals surface area contributed by atoms with Gasteiger partial charge in [-0.3, -0.25) is 9.69 Å². The Morgan fingerprint density at radius 1 is 0.902 bits per heavy atom. The largest absolute Gasteiger partial charge is 0.487 e. The van der Waals surface area contributed by atoms with E-state index >= 15 is 0 Å². The Morgan fingerprint density at radius 3 is 2.32 bits per heavy atom. The third-order valence-corrected chi connectivity index (χ3v) is 9.45. The molecular weight excluding hydrogens is 731 g/mol. The minimum Gasteiger partial charge on any atom is -0.487 e. The van der Waals surface area contributed by atoms with Crippen LogP contribution >= 0.6 is 78.4 Å². The number of thioether (sulfide) groups is 1. The Labute approximate surface area is 274 Å². The van der Waals surface area contributed by atoms with E-state index in [9.17, 15) is 4.79 Å². The van der Waals surface area contributed by atoms with Crippen LogP contribution in [0.5, 0.6) is 5.75 Å². The van der Waals surface area contributed by atoms with Crippen molar-refractivity contribution in [1.29, 1.82) is 0 Å². The number of carbonyl (C=O) groups excluding carboxylic acids is 1. The standard InChI is InChI=1S/C31H21Br2Cl3N2O2S/c1-17-7-9-22(14-26(17)35)37-31-38(23-10-8-18(2)27(36)15-23)30(39)28(41-31)12-20-11-21(32)13-24(33)29(20)40-16-19-5-3-4-6-25(19)34/h3-15H,16H2,1-2H3/b28-12+,37-31?. The van der Waals surface area contributed by atoms with Crippen molar-refractivity contribution in [3.05, 3.63) is 124 Å². The van der Waals surface area contributed by atoms with Crippen LogP contribution in [0.4, 0.5) is 11.4 Å². The molecule has 4 aromatic rings. The van der Waals surface area contributed by atoms with Gasteiger partial charge in [-0.25, -0.2) is 4.99 Å². The third kappa shape index (κ3) is 6.87. The lowest BCUT2D eigenvalue weighted by atomic mass is 10.1. The number of aliphatic imine (C=N–C) groups is 1. The van der Waals surface area contributed by atoms with E-state index in [0.29, 0.717) is 47.8 Å². The predicted octanol–water partition coefficient (Wildman–Crippen LogP) is 11.2. The second kappa shape index (κ2) is 12.9. The fourth-order valence-corrected chi connectivity index (χ4v) is 6.91. The average molecular weight is 752 g/mol. The van der Waals surface area contributed by atoms with Crippen molar-refractivity contribution in [2.75, 3.05) is 4.90 Å².